The zero-order chi connectivity index (χ0) is 24.5. The molecule has 0 unspecified atom stereocenters. The van der Waals surface area contributed by atoms with Crippen molar-refractivity contribution in [1.82, 2.24) is 9.88 Å². The third-order valence-corrected chi connectivity index (χ3v) is 6.00. The van der Waals surface area contributed by atoms with Crippen molar-refractivity contribution in [1.29, 1.82) is 0 Å². The molecule has 180 valence electrons. The first-order chi connectivity index (χ1) is 16.1. The highest BCUT2D eigenvalue weighted by Gasteiger charge is 2.34. The number of anilines is 1. The summed E-state index contributed by atoms with van der Waals surface area (Å²) in [5, 5.41) is 0. The second kappa shape index (κ2) is 9.61. The Balaban J connectivity index is 1.38. The Kier molecular flexibility index (Phi) is 6.79. The molecule has 0 amide bonds. The number of aliphatic imine (C=N–C) groups is 1. The maximum Gasteiger partial charge on any atom is 0.394 e. The summed E-state index contributed by atoms with van der Waals surface area (Å²) in [5.74, 6) is -1.46. The van der Waals surface area contributed by atoms with E-state index < -0.39 is 30.0 Å². The first-order valence-corrected chi connectivity index (χ1v) is 11.1. The number of rotatable bonds is 6. The van der Waals surface area contributed by atoms with Crippen LogP contribution in [0.5, 0.6) is 0 Å². The van der Waals surface area contributed by atoms with Crippen LogP contribution in [-0.2, 0) is 17.8 Å². The number of piperazine rings is 1. The van der Waals surface area contributed by atoms with Crippen LogP contribution in [-0.4, -0.2) is 59.5 Å². The highest BCUT2D eigenvalue weighted by Crippen LogP contribution is 2.30. The van der Waals surface area contributed by atoms with Gasteiger partial charge in [0.05, 0.1) is 23.5 Å². The van der Waals surface area contributed by atoms with E-state index in [0.29, 0.717) is 49.7 Å². The van der Waals surface area contributed by atoms with E-state index in [4.69, 9.17) is 0 Å². The van der Waals surface area contributed by atoms with Crippen molar-refractivity contribution in [3.8, 4) is 0 Å². The molecule has 0 bridgehead atoms. The SMILES string of the molecule is CCC(=O)c1ccc(N2CCN(Cc3ccc4c(c3)CC(=O)C(CC(F)(F)F)=N4)CC2)c(F)n1. The summed E-state index contributed by atoms with van der Waals surface area (Å²) < 4.78 is 52.4. The fourth-order valence-electron chi connectivity index (χ4n) is 4.20. The molecule has 1 aromatic heterocycles. The standard InChI is InChI=1S/C24H24F4N4O2/c1-2-21(33)18-5-6-20(23(25)30-18)32-9-7-31(8-10-32)14-15-3-4-17-16(11-15)12-22(34)19(29-17)13-24(26,27)28/h3-6,11H,2,7-10,12-14H2,1H3. The highest BCUT2D eigenvalue weighted by atomic mass is 19.4. The number of carbonyl (C=O) groups is 2. The molecular formula is C24H24F4N4O2. The first kappa shape index (κ1) is 24.0. The Morgan fingerprint density at radius 2 is 1.82 bits per heavy atom. The summed E-state index contributed by atoms with van der Waals surface area (Å²) in [6.07, 6.45) is -5.61. The van der Waals surface area contributed by atoms with Crippen LogP contribution < -0.4 is 4.90 Å². The van der Waals surface area contributed by atoms with Crippen LogP contribution in [0.15, 0.2) is 35.3 Å². The van der Waals surface area contributed by atoms with Gasteiger partial charge in [0.25, 0.3) is 0 Å². The number of alkyl halides is 3. The number of hydrogen-bond donors (Lipinski definition) is 0. The Morgan fingerprint density at radius 1 is 1.09 bits per heavy atom. The predicted molar refractivity (Wildman–Crippen MR) is 119 cm³/mol. The molecule has 0 N–H and O–H groups in total. The Bertz CT molecular complexity index is 1140. The third kappa shape index (κ3) is 5.49. The van der Waals surface area contributed by atoms with E-state index in [2.05, 4.69) is 14.9 Å². The van der Waals surface area contributed by atoms with Gasteiger partial charge in [-0.05, 0) is 29.3 Å². The Morgan fingerprint density at radius 3 is 2.47 bits per heavy atom. The van der Waals surface area contributed by atoms with Gasteiger partial charge in [0.2, 0.25) is 5.95 Å². The van der Waals surface area contributed by atoms with Crippen LogP contribution in [0.3, 0.4) is 0 Å². The minimum Gasteiger partial charge on any atom is -0.365 e. The van der Waals surface area contributed by atoms with E-state index in [0.717, 1.165) is 5.56 Å². The number of benzene rings is 1. The van der Waals surface area contributed by atoms with Crippen molar-refractivity contribution in [3.63, 3.8) is 0 Å². The fourth-order valence-corrected chi connectivity index (χ4v) is 4.20. The van der Waals surface area contributed by atoms with Gasteiger partial charge >= 0.3 is 6.18 Å². The lowest BCUT2D eigenvalue weighted by Crippen LogP contribution is -2.46. The number of hydrogen-bond acceptors (Lipinski definition) is 6. The number of nitrogens with zero attached hydrogens (tertiary/aromatic N) is 4. The van der Waals surface area contributed by atoms with E-state index in [1.807, 2.05) is 17.0 Å². The van der Waals surface area contributed by atoms with Crippen LogP contribution in [0.25, 0.3) is 0 Å². The minimum absolute atomic E-state index is 0.0886. The molecule has 0 saturated carbocycles. The predicted octanol–water partition coefficient (Wildman–Crippen LogP) is 4.29. The summed E-state index contributed by atoms with van der Waals surface area (Å²) >= 11 is 0. The smallest absolute Gasteiger partial charge is 0.365 e. The monoisotopic (exact) mass is 476 g/mol. The molecule has 1 saturated heterocycles. The van der Waals surface area contributed by atoms with Crippen LogP contribution in [0, 0.1) is 5.95 Å². The molecule has 2 aliphatic rings. The molecule has 0 radical (unpaired) electrons. The summed E-state index contributed by atoms with van der Waals surface area (Å²) in [6.45, 7) is 4.79. The van der Waals surface area contributed by atoms with Crippen molar-refractivity contribution in [2.45, 2.75) is 38.9 Å². The fraction of sp³-hybridized carbons (Fsp3) is 0.417. The van der Waals surface area contributed by atoms with Crippen molar-refractivity contribution in [2.24, 2.45) is 4.99 Å². The Labute approximate surface area is 194 Å². The summed E-state index contributed by atoms with van der Waals surface area (Å²) in [7, 11) is 0. The quantitative estimate of drug-likeness (QED) is 0.354. The molecule has 3 heterocycles. The summed E-state index contributed by atoms with van der Waals surface area (Å²) in [5.41, 5.74) is 2.01. The van der Waals surface area contributed by atoms with Gasteiger partial charge < -0.3 is 4.90 Å². The van der Waals surface area contributed by atoms with E-state index in [9.17, 15) is 27.2 Å². The molecule has 0 aliphatic carbocycles. The molecule has 0 spiro atoms. The Hall–Kier alpha value is -3.14. The number of pyridine rings is 1. The molecule has 34 heavy (non-hydrogen) atoms. The number of halogens is 4. The van der Waals surface area contributed by atoms with E-state index in [1.165, 1.54) is 0 Å². The number of aromatic nitrogens is 1. The van der Waals surface area contributed by atoms with Crippen molar-refractivity contribution >= 4 is 28.7 Å². The molecule has 6 nitrogen and oxygen atoms in total. The third-order valence-electron chi connectivity index (χ3n) is 6.00. The lowest BCUT2D eigenvalue weighted by Gasteiger charge is -2.36. The molecule has 4 rings (SSSR count). The van der Waals surface area contributed by atoms with Gasteiger partial charge in [0.1, 0.15) is 5.69 Å². The molecule has 2 aliphatic heterocycles. The topological polar surface area (TPSA) is 65.9 Å². The first-order valence-electron chi connectivity index (χ1n) is 11.1. The highest BCUT2D eigenvalue weighted by molar-refractivity contribution is 6.41. The molecule has 2 aromatic rings. The molecular weight excluding hydrogens is 452 g/mol. The van der Waals surface area contributed by atoms with Gasteiger partial charge in [0, 0.05) is 45.6 Å². The number of carbonyl (C=O) groups excluding carboxylic acids is 2. The second-order valence-electron chi connectivity index (χ2n) is 8.46. The van der Waals surface area contributed by atoms with Gasteiger partial charge in [0.15, 0.2) is 11.6 Å². The van der Waals surface area contributed by atoms with Gasteiger partial charge in [-0.1, -0.05) is 19.1 Å². The van der Waals surface area contributed by atoms with Crippen LogP contribution in [0.2, 0.25) is 0 Å². The number of Topliss-reactive ketones (excluding diaryl/α,β-unsaturated/α-hetero) is 2. The van der Waals surface area contributed by atoms with Crippen LogP contribution in [0.1, 0.15) is 41.4 Å². The lowest BCUT2D eigenvalue weighted by atomic mass is 9.96. The zero-order valence-corrected chi connectivity index (χ0v) is 18.7. The van der Waals surface area contributed by atoms with Crippen LogP contribution >= 0.6 is 0 Å². The molecule has 0 atom stereocenters. The van der Waals surface area contributed by atoms with Gasteiger partial charge in [-0.3, -0.25) is 14.5 Å². The number of fused-ring (bicyclic) bond motifs is 1. The zero-order valence-electron chi connectivity index (χ0n) is 18.7. The maximum absolute atomic E-state index is 14.5. The largest absolute Gasteiger partial charge is 0.394 e. The molecule has 1 aromatic carbocycles. The van der Waals surface area contributed by atoms with Crippen molar-refractivity contribution < 1.29 is 27.2 Å². The summed E-state index contributed by atoms with van der Waals surface area (Å²) in [4.78, 5) is 35.7. The van der Waals surface area contributed by atoms with E-state index in [-0.39, 0.29) is 24.3 Å². The van der Waals surface area contributed by atoms with E-state index in [1.54, 1.807) is 25.1 Å². The maximum atomic E-state index is 14.5. The lowest BCUT2D eigenvalue weighted by molar-refractivity contribution is -0.125. The normalized spacial score (nSPS) is 16.9. The molecule has 10 heteroatoms. The van der Waals surface area contributed by atoms with Crippen molar-refractivity contribution in [2.75, 3.05) is 31.1 Å². The van der Waals surface area contributed by atoms with Gasteiger partial charge in [-0.15, -0.1) is 0 Å². The van der Waals surface area contributed by atoms with Gasteiger partial charge in [-0.25, -0.2) is 9.98 Å². The minimum atomic E-state index is -4.47. The van der Waals surface area contributed by atoms with Crippen molar-refractivity contribution in [3.05, 3.63) is 53.1 Å². The second-order valence-corrected chi connectivity index (χ2v) is 8.46. The molecule has 1 fully saturated rings. The van der Waals surface area contributed by atoms with E-state index >= 15 is 0 Å². The summed E-state index contributed by atoms with van der Waals surface area (Å²) in [6, 6.07) is 8.43. The number of ketones is 2. The average molecular weight is 476 g/mol. The van der Waals surface area contributed by atoms with Crippen LogP contribution in [0.4, 0.5) is 28.9 Å². The van der Waals surface area contributed by atoms with Gasteiger partial charge in [-0.2, -0.15) is 17.6 Å². The average Bonchev–Trinajstić information content (AvgIpc) is 2.79.